The molecule has 0 aliphatic heterocycles. The highest BCUT2D eigenvalue weighted by atomic mass is 32.2. The normalized spacial score (nSPS) is 11.0. The molecule has 0 fully saturated rings. The fourth-order valence-corrected chi connectivity index (χ4v) is 3.90. The number of thioether (sulfide) groups is 1. The minimum absolute atomic E-state index is 0.764. The van der Waals surface area contributed by atoms with Crippen LogP contribution in [-0.2, 0) is 20.6 Å². The van der Waals surface area contributed by atoms with E-state index in [9.17, 15) is 0 Å². The third kappa shape index (κ3) is 15.6. The topological polar surface area (TPSA) is 51.8 Å². The van der Waals surface area contributed by atoms with Crippen molar-refractivity contribution in [3.63, 3.8) is 0 Å². The van der Waals surface area contributed by atoms with Gasteiger partial charge in [0.25, 0.3) is 0 Å². The smallest absolute Gasteiger partial charge is 0.106 e. The molecule has 7 heteroatoms. The summed E-state index contributed by atoms with van der Waals surface area (Å²) < 4.78 is 16.8. The molecule has 0 heterocycles. The number of rotatable bonds is 22. The Kier molecular flexibility index (Phi) is 19.8. The predicted octanol–water partition coefficient (Wildman–Crippen LogP) is 5.70. The second-order valence-electron chi connectivity index (χ2n) is 8.01. The Morgan fingerprint density at radius 1 is 0.848 bits per heavy atom. The summed E-state index contributed by atoms with van der Waals surface area (Å²) in [6.07, 6.45) is 9.40. The molecule has 0 aliphatic rings. The van der Waals surface area contributed by atoms with Crippen LogP contribution in [-0.4, -0.2) is 69.7 Å². The Bertz CT molecular complexity index is 617. The van der Waals surface area contributed by atoms with E-state index >= 15 is 0 Å². The fourth-order valence-electron chi connectivity index (χ4n) is 3.24. The van der Waals surface area contributed by atoms with Gasteiger partial charge >= 0.3 is 0 Å². The third-order valence-electron chi connectivity index (χ3n) is 5.10. The minimum Gasteiger partial charge on any atom is -0.385 e. The molecule has 2 N–H and O–H groups in total. The monoisotopic (exact) mass is 498 g/mol. The molecule has 0 bridgehead atoms. The van der Waals surface area contributed by atoms with Crippen LogP contribution in [0, 0.1) is 0 Å². The zero-order valence-electron chi connectivity index (χ0n) is 21.1. The second kappa shape index (κ2) is 21.7. The van der Waals surface area contributed by atoms with E-state index in [1.54, 1.807) is 0 Å². The highest BCUT2D eigenvalue weighted by Crippen LogP contribution is 2.19. The number of nitrogens with one attached hydrogen (secondary N) is 2. The molecule has 0 aromatic heterocycles. The number of benzene rings is 1. The first-order valence-electron chi connectivity index (χ1n) is 12.6. The number of unbranched alkanes of at least 4 members (excludes halogenated alkanes) is 1. The van der Waals surface area contributed by atoms with Gasteiger partial charge in [0.1, 0.15) is 4.99 Å². The van der Waals surface area contributed by atoms with Gasteiger partial charge in [-0.15, -0.1) is 0 Å². The van der Waals surface area contributed by atoms with Gasteiger partial charge in [-0.2, -0.15) is 11.8 Å². The van der Waals surface area contributed by atoms with Gasteiger partial charge < -0.3 is 24.8 Å². The van der Waals surface area contributed by atoms with Gasteiger partial charge in [0.05, 0.1) is 0 Å². The Hall–Kier alpha value is -0.860. The number of hydrogen-bond acceptors (Lipinski definition) is 6. The number of ether oxygens (including phenoxy) is 3. The summed E-state index contributed by atoms with van der Waals surface area (Å²) in [6, 6.07) is 6.51. The summed E-state index contributed by atoms with van der Waals surface area (Å²) in [5, 5.41) is 6.98. The molecule has 0 saturated heterocycles. The maximum absolute atomic E-state index is 5.74. The molecule has 5 nitrogen and oxygen atoms in total. The Morgan fingerprint density at radius 3 is 2.15 bits per heavy atom. The zero-order chi connectivity index (χ0) is 24.0. The van der Waals surface area contributed by atoms with E-state index < -0.39 is 0 Å². The number of aryl methyl sites for hydroxylation is 1. The van der Waals surface area contributed by atoms with Crippen LogP contribution in [0.15, 0.2) is 18.2 Å². The lowest BCUT2D eigenvalue weighted by Crippen LogP contribution is -2.24. The maximum Gasteiger partial charge on any atom is 0.106 e. The van der Waals surface area contributed by atoms with Crippen molar-refractivity contribution in [2.24, 2.45) is 0 Å². The third-order valence-corrected chi connectivity index (χ3v) is 6.17. The number of thiocarbonyl (C=S) groups is 1. The van der Waals surface area contributed by atoms with E-state index in [1.807, 2.05) is 11.8 Å². The van der Waals surface area contributed by atoms with E-state index in [2.05, 4.69) is 48.9 Å². The highest BCUT2D eigenvalue weighted by molar-refractivity contribution is 7.98. The average molecular weight is 499 g/mol. The summed E-state index contributed by atoms with van der Waals surface area (Å²) >= 11 is 7.45. The first kappa shape index (κ1) is 30.2. The van der Waals surface area contributed by atoms with Gasteiger partial charge in [0.2, 0.25) is 0 Å². The molecular weight excluding hydrogens is 452 g/mol. The van der Waals surface area contributed by atoms with Crippen molar-refractivity contribution in [1.82, 2.24) is 5.32 Å². The second-order valence-corrected chi connectivity index (χ2v) is 9.40. The lowest BCUT2D eigenvalue weighted by atomic mass is 10.1. The van der Waals surface area contributed by atoms with Crippen molar-refractivity contribution in [1.29, 1.82) is 0 Å². The minimum atomic E-state index is 0.764. The van der Waals surface area contributed by atoms with Crippen molar-refractivity contribution in [3.05, 3.63) is 29.3 Å². The number of anilines is 1. The summed E-state index contributed by atoms with van der Waals surface area (Å²) in [4.78, 5) is 0.837. The van der Waals surface area contributed by atoms with Crippen LogP contribution in [0.25, 0.3) is 0 Å². The van der Waals surface area contributed by atoms with Gasteiger partial charge in [-0.05, 0) is 68.6 Å². The van der Waals surface area contributed by atoms with Crippen LogP contribution in [0.3, 0.4) is 0 Å². The molecule has 0 spiro atoms. The van der Waals surface area contributed by atoms with Crippen LogP contribution in [0.2, 0.25) is 0 Å². The molecular formula is C26H46N2O3S2. The summed E-state index contributed by atoms with van der Waals surface area (Å²) in [5.74, 6) is 1.16. The lowest BCUT2D eigenvalue weighted by molar-refractivity contribution is 0.0629. The number of hydrogen-bond donors (Lipinski definition) is 2. The van der Waals surface area contributed by atoms with Crippen LogP contribution >= 0.6 is 24.0 Å². The molecule has 0 aliphatic carbocycles. The van der Waals surface area contributed by atoms with Crippen molar-refractivity contribution in [2.45, 2.75) is 58.8 Å². The molecule has 1 rings (SSSR count). The predicted molar refractivity (Wildman–Crippen MR) is 148 cm³/mol. The fraction of sp³-hybridized carbons (Fsp3) is 0.731. The molecule has 190 valence electrons. The van der Waals surface area contributed by atoms with Gasteiger partial charge in [0.15, 0.2) is 0 Å². The van der Waals surface area contributed by atoms with Crippen molar-refractivity contribution in [2.75, 3.05) is 70.1 Å². The van der Waals surface area contributed by atoms with E-state index in [0.29, 0.717) is 0 Å². The average Bonchev–Trinajstić information content (AvgIpc) is 2.84. The Labute approximate surface area is 212 Å². The van der Waals surface area contributed by atoms with Gasteiger partial charge in [-0.3, -0.25) is 0 Å². The zero-order valence-corrected chi connectivity index (χ0v) is 22.7. The van der Waals surface area contributed by atoms with E-state index in [0.717, 1.165) is 114 Å². The van der Waals surface area contributed by atoms with Crippen LogP contribution in [0.1, 0.15) is 63.5 Å². The Balaban J connectivity index is 2.12. The van der Waals surface area contributed by atoms with Crippen molar-refractivity contribution >= 4 is 34.7 Å². The molecule has 0 radical (unpaired) electrons. The SMILES string of the molecule is CCCOCCCOCCCOCCCCNc1cc(C(=S)NCCCSC)ccc1CC. The van der Waals surface area contributed by atoms with E-state index in [-0.39, 0.29) is 0 Å². The highest BCUT2D eigenvalue weighted by Gasteiger charge is 2.06. The summed E-state index contributed by atoms with van der Waals surface area (Å²) in [5.41, 5.74) is 3.62. The molecule has 0 saturated carbocycles. The van der Waals surface area contributed by atoms with E-state index in [1.165, 1.54) is 11.3 Å². The largest absolute Gasteiger partial charge is 0.385 e. The summed E-state index contributed by atoms with van der Waals surface area (Å²) in [6.45, 7) is 10.9. The van der Waals surface area contributed by atoms with Gasteiger partial charge in [0, 0.05) is 64.0 Å². The quantitative estimate of drug-likeness (QED) is 0.157. The van der Waals surface area contributed by atoms with Gasteiger partial charge in [-0.25, -0.2) is 0 Å². The first-order chi connectivity index (χ1) is 16.2. The van der Waals surface area contributed by atoms with E-state index in [4.69, 9.17) is 26.4 Å². The molecule has 1 aromatic carbocycles. The lowest BCUT2D eigenvalue weighted by Gasteiger charge is -2.14. The first-order valence-corrected chi connectivity index (χ1v) is 14.4. The molecule has 33 heavy (non-hydrogen) atoms. The van der Waals surface area contributed by atoms with Crippen LogP contribution in [0.5, 0.6) is 0 Å². The molecule has 0 unspecified atom stereocenters. The van der Waals surface area contributed by atoms with Crippen molar-refractivity contribution in [3.8, 4) is 0 Å². The Morgan fingerprint density at radius 2 is 1.52 bits per heavy atom. The molecule has 1 aromatic rings. The molecule has 0 amide bonds. The molecule has 0 atom stereocenters. The van der Waals surface area contributed by atoms with Crippen LogP contribution < -0.4 is 10.6 Å². The van der Waals surface area contributed by atoms with Gasteiger partial charge in [-0.1, -0.05) is 38.2 Å². The van der Waals surface area contributed by atoms with Crippen LogP contribution in [0.4, 0.5) is 5.69 Å². The maximum atomic E-state index is 5.74. The van der Waals surface area contributed by atoms with Crippen molar-refractivity contribution < 1.29 is 14.2 Å². The summed E-state index contributed by atoms with van der Waals surface area (Å²) in [7, 11) is 0. The standard InChI is InChI=1S/C26H46N2O3S2/c1-4-15-29-17-9-19-31-20-10-18-30-16-7-6-13-27-25-22-24(12-11-23(25)5-2)26(32)28-14-8-21-33-3/h11-12,22,27H,4-10,13-21H2,1-3H3,(H,28,32).